The maximum atomic E-state index is 13.6. The predicted molar refractivity (Wildman–Crippen MR) is 146 cm³/mol. The number of carbonyl (C=O) groups excluding carboxylic acids is 2. The number of carbonyl (C=O) groups is 2. The number of nitrogens with one attached hydrogen (secondary N) is 2. The van der Waals surface area contributed by atoms with Crippen LogP contribution in [0, 0.1) is 29.1 Å². The number of amides is 3. The third-order valence-corrected chi connectivity index (χ3v) is 7.70. The van der Waals surface area contributed by atoms with Crippen molar-refractivity contribution in [2.75, 3.05) is 31.5 Å². The highest BCUT2D eigenvalue weighted by Gasteiger charge is 2.36. The first-order valence-electron chi connectivity index (χ1n) is 13.6. The minimum absolute atomic E-state index is 0.0946. The molecule has 10 heteroatoms. The van der Waals surface area contributed by atoms with Gasteiger partial charge in [-0.25, -0.2) is 14.2 Å². The number of rotatable bonds is 4. The lowest BCUT2D eigenvalue weighted by Crippen LogP contribution is -2.60. The van der Waals surface area contributed by atoms with E-state index in [-0.39, 0.29) is 29.8 Å². The minimum atomic E-state index is -0.411. The number of halogens is 1. The summed E-state index contributed by atoms with van der Waals surface area (Å²) < 4.78 is 13.6. The first kappa shape index (κ1) is 26.5. The predicted octanol–water partition coefficient (Wildman–Crippen LogP) is 4.05. The molecule has 1 atom stereocenters. The van der Waals surface area contributed by atoms with E-state index in [4.69, 9.17) is 4.99 Å². The molecule has 1 saturated heterocycles. The molecule has 2 aromatic carbocycles. The number of fused-ring (bicyclic) bond motifs is 1. The van der Waals surface area contributed by atoms with E-state index < -0.39 is 5.82 Å². The van der Waals surface area contributed by atoms with Gasteiger partial charge >= 0.3 is 6.03 Å². The second-order valence-corrected chi connectivity index (χ2v) is 10.8. The summed E-state index contributed by atoms with van der Waals surface area (Å²) in [5.41, 5.74) is 3.39. The number of anilines is 1. The van der Waals surface area contributed by atoms with Gasteiger partial charge in [0.2, 0.25) is 11.9 Å². The number of aliphatic imine (C=N–C) groups is 1. The molecule has 9 nitrogen and oxygen atoms in total. The molecule has 2 aromatic rings. The fourth-order valence-electron chi connectivity index (χ4n) is 5.40. The van der Waals surface area contributed by atoms with Crippen LogP contribution in [0.2, 0.25) is 0 Å². The number of guanidine groups is 1. The van der Waals surface area contributed by atoms with E-state index in [9.17, 15) is 19.2 Å². The van der Waals surface area contributed by atoms with Crippen molar-refractivity contribution in [3.63, 3.8) is 0 Å². The minimum Gasteiger partial charge on any atom is -0.338 e. The quantitative estimate of drug-likeness (QED) is 0.268. The molecule has 0 aromatic heterocycles. The number of nitriles is 1. The van der Waals surface area contributed by atoms with E-state index in [0.717, 1.165) is 36.1 Å². The highest BCUT2D eigenvalue weighted by atomic mass is 19.1. The van der Waals surface area contributed by atoms with Gasteiger partial charge in [-0.3, -0.25) is 10.1 Å². The highest BCUT2D eigenvalue weighted by molar-refractivity contribution is 5.90. The van der Waals surface area contributed by atoms with Gasteiger partial charge in [0.05, 0.1) is 11.7 Å². The van der Waals surface area contributed by atoms with Crippen molar-refractivity contribution < 1.29 is 14.0 Å². The van der Waals surface area contributed by atoms with Crippen LogP contribution in [0.3, 0.4) is 0 Å². The van der Waals surface area contributed by atoms with Crippen molar-refractivity contribution in [2.45, 2.75) is 45.7 Å². The van der Waals surface area contributed by atoms with Gasteiger partial charge < -0.3 is 20.0 Å². The summed E-state index contributed by atoms with van der Waals surface area (Å²) in [5, 5.41) is 15.1. The molecule has 2 N–H and O–H groups in total. The number of hydrogen-bond donors (Lipinski definition) is 2. The molecule has 2 aliphatic heterocycles. The number of benzene rings is 2. The lowest BCUT2D eigenvalue weighted by atomic mass is 9.97. The van der Waals surface area contributed by atoms with Gasteiger partial charge in [0.1, 0.15) is 5.82 Å². The second kappa shape index (κ2) is 11.3. The molecule has 204 valence electrons. The van der Waals surface area contributed by atoms with Gasteiger partial charge in [0, 0.05) is 44.3 Å². The Hall–Kier alpha value is -4.13. The van der Waals surface area contributed by atoms with Crippen LogP contribution in [0.15, 0.2) is 47.5 Å². The maximum absolute atomic E-state index is 13.6. The zero-order valence-corrected chi connectivity index (χ0v) is 22.4. The third-order valence-electron chi connectivity index (χ3n) is 7.70. The molecule has 2 fully saturated rings. The largest absolute Gasteiger partial charge is 0.338 e. The summed E-state index contributed by atoms with van der Waals surface area (Å²) in [6, 6.07) is 11.4. The molecule has 0 radical (unpaired) electrons. The molecule has 1 unspecified atom stereocenters. The monoisotopic (exact) mass is 531 g/mol. The van der Waals surface area contributed by atoms with Gasteiger partial charge in [-0.2, -0.15) is 5.26 Å². The highest BCUT2D eigenvalue weighted by Crippen LogP contribution is 2.35. The first-order chi connectivity index (χ1) is 18.8. The van der Waals surface area contributed by atoms with E-state index in [1.807, 2.05) is 29.3 Å². The summed E-state index contributed by atoms with van der Waals surface area (Å²) in [5.74, 6) is 0.645. The Labute approximate surface area is 228 Å². The Balaban J connectivity index is 1.34. The van der Waals surface area contributed by atoms with E-state index >= 15 is 0 Å². The Morgan fingerprint density at radius 1 is 1.10 bits per heavy atom. The van der Waals surface area contributed by atoms with Crippen molar-refractivity contribution >= 4 is 29.3 Å². The molecule has 5 rings (SSSR count). The average Bonchev–Trinajstić information content (AvgIpc) is 3.77. The summed E-state index contributed by atoms with van der Waals surface area (Å²) in [4.78, 5) is 36.2. The Morgan fingerprint density at radius 3 is 2.62 bits per heavy atom. The number of piperazine rings is 1. The first-order valence-corrected chi connectivity index (χ1v) is 13.6. The standard InChI is InChI=1S/C29H34FN7O2/c1-19(2)26-17-36(29(39)33-23-7-4-6-22(30)15-23)13-14-37(26)28(32-18-31)34-25-8-3-5-21-16-35(12-11-24(21)25)27(38)20-9-10-20/h3-8,15,19-20,26H,9-14,16-17H2,1-2H3,(H,32,34)(H,33,39). The van der Waals surface area contributed by atoms with Crippen LogP contribution in [-0.2, 0) is 17.8 Å². The van der Waals surface area contributed by atoms with Gasteiger partial charge in [-0.1, -0.05) is 32.0 Å². The fraction of sp³-hybridized carbons (Fsp3) is 0.448. The SMILES string of the molecule is CC(C)C1CN(C(=O)Nc2cccc(F)c2)CCN1C(=Nc1cccc2c1CCN(C(=O)C1CC1)C2)NC#N. The summed E-state index contributed by atoms with van der Waals surface area (Å²) >= 11 is 0. The maximum Gasteiger partial charge on any atom is 0.321 e. The molecule has 1 aliphatic carbocycles. The molecule has 0 bridgehead atoms. The van der Waals surface area contributed by atoms with Crippen LogP contribution >= 0.6 is 0 Å². The molecule has 2 heterocycles. The van der Waals surface area contributed by atoms with Crippen molar-refractivity contribution in [3.05, 3.63) is 59.4 Å². The van der Waals surface area contributed by atoms with E-state index in [0.29, 0.717) is 44.4 Å². The van der Waals surface area contributed by atoms with E-state index in [2.05, 4.69) is 29.4 Å². The normalized spacial score (nSPS) is 19.4. The van der Waals surface area contributed by atoms with Gasteiger partial charge in [0.25, 0.3) is 0 Å². The lowest BCUT2D eigenvalue weighted by Gasteiger charge is -2.44. The topological polar surface area (TPSA) is 104 Å². The zero-order chi connectivity index (χ0) is 27.5. The second-order valence-electron chi connectivity index (χ2n) is 10.8. The molecule has 1 saturated carbocycles. The Bertz CT molecular complexity index is 1320. The van der Waals surface area contributed by atoms with Gasteiger partial charge in [0.15, 0.2) is 6.19 Å². The smallest absolute Gasteiger partial charge is 0.321 e. The van der Waals surface area contributed by atoms with Crippen LogP contribution in [0.1, 0.15) is 37.8 Å². The fourth-order valence-corrected chi connectivity index (χ4v) is 5.40. The van der Waals surface area contributed by atoms with Crippen LogP contribution in [-0.4, -0.2) is 64.8 Å². The summed E-state index contributed by atoms with van der Waals surface area (Å²) in [6.45, 7) is 6.73. The van der Waals surface area contributed by atoms with Crippen molar-refractivity contribution in [2.24, 2.45) is 16.8 Å². The molecule has 3 amide bonds. The molecule has 3 aliphatic rings. The Kier molecular flexibility index (Phi) is 7.68. The molecule has 39 heavy (non-hydrogen) atoms. The summed E-state index contributed by atoms with van der Waals surface area (Å²) in [7, 11) is 0. The number of urea groups is 1. The molecular formula is C29H34FN7O2. The Morgan fingerprint density at radius 2 is 1.90 bits per heavy atom. The zero-order valence-electron chi connectivity index (χ0n) is 22.4. The number of hydrogen-bond acceptors (Lipinski definition) is 4. The van der Waals surface area contributed by atoms with Crippen LogP contribution in [0.25, 0.3) is 0 Å². The van der Waals surface area contributed by atoms with E-state index in [1.165, 1.54) is 12.1 Å². The van der Waals surface area contributed by atoms with Gasteiger partial charge in [-0.05, 0) is 60.6 Å². The lowest BCUT2D eigenvalue weighted by molar-refractivity contribution is -0.133. The average molecular weight is 532 g/mol. The molecular weight excluding hydrogens is 497 g/mol. The number of nitrogens with zero attached hydrogens (tertiary/aromatic N) is 5. The van der Waals surface area contributed by atoms with Crippen molar-refractivity contribution in [3.8, 4) is 6.19 Å². The molecule has 0 spiro atoms. The van der Waals surface area contributed by atoms with Crippen LogP contribution < -0.4 is 10.6 Å². The van der Waals surface area contributed by atoms with Crippen LogP contribution in [0.4, 0.5) is 20.6 Å². The van der Waals surface area contributed by atoms with Crippen LogP contribution in [0.5, 0.6) is 0 Å². The van der Waals surface area contributed by atoms with Gasteiger partial charge in [-0.15, -0.1) is 0 Å². The summed E-state index contributed by atoms with van der Waals surface area (Å²) in [6.07, 6.45) is 4.74. The van der Waals surface area contributed by atoms with E-state index in [1.54, 1.807) is 17.0 Å². The van der Waals surface area contributed by atoms with Crippen molar-refractivity contribution in [1.82, 2.24) is 20.0 Å². The van der Waals surface area contributed by atoms with Crippen molar-refractivity contribution in [1.29, 1.82) is 5.26 Å². The third kappa shape index (κ3) is 5.98.